The lowest BCUT2D eigenvalue weighted by atomic mass is 10.3. The van der Waals surface area contributed by atoms with Crippen molar-refractivity contribution < 1.29 is 0 Å². The molecule has 110 valence electrons. The van der Waals surface area contributed by atoms with Gasteiger partial charge < -0.3 is 0 Å². The van der Waals surface area contributed by atoms with Crippen molar-refractivity contribution in [1.29, 1.82) is 0 Å². The molecule has 0 bridgehead atoms. The predicted octanol–water partition coefficient (Wildman–Crippen LogP) is 4.27. The van der Waals surface area contributed by atoms with E-state index in [1.807, 2.05) is 80.3 Å². The van der Waals surface area contributed by atoms with Crippen LogP contribution in [0.2, 0.25) is 0 Å². The topological polar surface area (TPSA) is 41.9 Å². The third-order valence-electron chi connectivity index (χ3n) is 3.31. The molecule has 0 aliphatic rings. The van der Waals surface area contributed by atoms with Crippen molar-refractivity contribution in [3.63, 3.8) is 0 Å². The molecule has 3 heterocycles. The molecule has 4 heteroatoms. The van der Waals surface area contributed by atoms with Crippen LogP contribution < -0.4 is 4.90 Å². The lowest BCUT2D eigenvalue weighted by Gasteiger charge is -2.22. The van der Waals surface area contributed by atoms with Gasteiger partial charge in [-0.05, 0) is 57.2 Å². The first kappa shape index (κ1) is 14.2. The molecule has 0 fully saturated rings. The van der Waals surface area contributed by atoms with Crippen LogP contribution in [0.15, 0.2) is 54.6 Å². The lowest BCUT2D eigenvalue weighted by Crippen LogP contribution is -2.15. The monoisotopic (exact) mass is 290 g/mol. The third-order valence-corrected chi connectivity index (χ3v) is 3.31. The second-order valence-electron chi connectivity index (χ2n) is 5.25. The molecular formula is C18H18N4. The minimum absolute atomic E-state index is 0.816. The van der Waals surface area contributed by atoms with Crippen LogP contribution in [-0.2, 0) is 0 Å². The van der Waals surface area contributed by atoms with Crippen LogP contribution in [0.3, 0.4) is 0 Å². The van der Waals surface area contributed by atoms with E-state index in [0.29, 0.717) is 0 Å². The normalized spacial score (nSPS) is 10.5. The molecule has 0 atom stereocenters. The van der Waals surface area contributed by atoms with E-state index < -0.39 is 0 Å². The maximum atomic E-state index is 4.63. The Kier molecular flexibility index (Phi) is 3.83. The summed E-state index contributed by atoms with van der Waals surface area (Å²) in [5.74, 6) is 2.45. The standard InChI is InChI=1S/C18H18N4/c1-13-7-4-10-16(19-13)22(17-11-5-8-14(2)20-17)18-12-6-9-15(3)21-18/h4-12H,1-3H3. The number of anilines is 3. The zero-order valence-electron chi connectivity index (χ0n) is 13.0. The molecule has 0 aliphatic heterocycles. The molecule has 0 aromatic carbocycles. The number of nitrogens with zero attached hydrogens (tertiary/aromatic N) is 4. The summed E-state index contributed by atoms with van der Waals surface area (Å²) in [6.45, 7) is 5.94. The fourth-order valence-electron chi connectivity index (χ4n) is 2.31. The van der Waals surface area contributed by atoms with E-state index in [0.717, 1.165) is 34.5 Å². The number of pyridine rings is 3. The van der Waals surface area contributed by atoms with Gasteiger partial charge >= 0.3 is 0 Å². The van der Waals surface area contributed by atoms with Crippen LogP contribution in [0.5, 0.6) is 0 Å². The number of hydrogen-bond acceptors (Lipinski definition) is 4. The van der Waals surface area contributed by atoms with Crippen molar-refractivity contribution in [2.45, 2.75) is 20.8 Å². The minimum atomic E-state index is 0.816. The van der Waals surface area contributed by atoms with Crippen LogP contribution in [-0.4, -0.2) is 15.0 Å². The zero-order valence-corrected chi connectivity index (χ0v) is 13.0. The third kappa shape index (κ3) is 2.96. The van der Waals surface area contributed by atoms with Crippen LogP contribution >= 0.6 is 0 Å². The summed E-state index contributed by atoms with van der Waals surface area (Å²) in [4.78, 5) is 15.9. The van der Waals surface area contributed by atoms with Crippen LogP contribution in [0.25, 0.3) is 0 Å². The van der Waals surface area contributed by atoms with Gasteiger partial charge in [0, 0.05) is 17.1 Å². The van der Waals surface area contributed by atoms with Crippen LogP contribution in [0.4, 0.5) is 17.5 Å². The van der Waals surface area contributed by atoms with Gasteiger partial charge in [0.2, 0.25) is 0 Å². The Hall–Kier alpha value is -2.75. The molecule has 0 N–H and O–H groups in total. The van der Waals surface area contributed by atoms with Gasteiger partial charge in [-0.1, -0.05) is 18.2 Å². The van der Waals surface area contributed by atoms with Gasteiger partial charge in [-0.15, -0.1) is 0 Å². The Morgan fingerprint density at radius 1 is 0.545 bits per heavy atom. The molecule has 0 spiro atoms. The quantitative estimate of drug-likeness (QED) is 0.722. The summed E-state index contributed by atoms with van der Waals surface area (Å²) in [7, 11) is 0. The lowest BCUT2D eigenvalue weighted by molar-refractivity contribution is 1.04. The Morgan fingerprint density at radius 2 is 0.864 bits per heavy atom. The van der Waals surface area contributed by atoms with Gasteiger partial charge in [0.15, 0.2) is 0 Å². The molecule has 0 unspecified atom stereocenters. The molecule has 22 heavy (non-hydrogen) atoms. The van der Waals surface area contributed by atoms with E-state index in [2.05, 4.69) is 15.0 Å². The second-order valence-corrected chi connectivity index (χ2v) is 5.25. The van der Waals surface area contributed by atoms with Crippen molar-refractivity contribution in [2.75, 3.05) is 4.90 Å². The highest BCUT2D eigenvalue weighted by atomic mass is 15.3. The molecule has 0 aliphatic carbocycles. The minimum Gasteiger partial charge on any atom is -0.262 e. The first-order chi connectivity index (χ1) is 10.6. The predicted molar refractivity (Wildman–Crippen MR) is 88.7 cm³/mol. The number of aromatic nitrogens is 3. The van der Waals surface area contributed by atoms with Gasteiger partial charge in [-0.3, -0.25) is 4.90 Å². The van der Waals surface area contributed by atoms with Gasteiger partial charge in [0.05, 0.1) is 0 Å². The summed E-state index contributed by atoms with van der Waals surface area (Å²) < 4.78 is 0. The zero-order chi connectivity index (χ0) is 15.5. The maximum absolute atomic E-state index is 4.63. The first-order valence-corrected chi connectivity index (χ1v) is 7.24. The molecule has 0 saturated carbocycles. The molecule has 0 saturated heterocycles. The Bertz CT molecular complexity index is 690. The number of hydrogen-bond donors (Lipinski definition) is 0. The van der Waals surface area contributed by atoms with E-state index >= 15 is 0 Å². The van der Waals surface area contributed by atoms with Crippen molar-refractivity contribution in [3.8, 4) is 0 Å². The summed E-state index contributed by atoms with van der Waals surface area (Å²) in [5, 5.41) is 0. The van der Waals surface area contributed by atoms with E-state index in [1.165, 1.54) is 0 Å². The number of rotatable bonds is 3. The average molecular weight is 290 g/mol. The van der Waals surface area contributed by atoms with Crippen LogP contribution in [0.1, 0.15) is 17.1 Å². The fourth-order valence-corrected chi connectivity index (χ4v) is 2.31. The maximum Gasteiger partial charge on any atom is 0.140 e. The van der Waals surface area contributed by atoms with Gasteiger partial charge in [-0.2, -0.15) is 0 Å². The van der Waals surface area contributed by atoms with E-state index in [1.54, 1.807) is 0 Å². The van der Waals surface area contributed by atoms with E-state index in [-0.39, 0.29) is 0 Å². The number of aryl methyl sites for hydroxylation is 3. The highest BCUT2D eigenvalue weighted by Gasteiger charge is 2.16. The summed E-state index contributed by atoms with van der Waals surface area (Å²) in [5.41, 5.74) is 2.88. The van der Waals surface area contributed by atoms with Crippen molar-refractivity contribution in [1.82, 2.24) is 15.0 Å². The molecule has 0 amide bonds. The highest BCUT2D eigenvalue weighted by Crippen LogP contribution is 2.30. The Labute approximate surface area is 130 Å². The molecule has 3 aromatic rings. The van der Waals surface area contributed by atoms with Gasteiger partial charge in [-0.25, -0.2) is 15.0 Å². The van der Waals surface area contributed by atoms with Crippen molar-refractivity contribution in [3.05, 3.63) is 71.7 Å². The SMILES string of the molecule is Cc1cccc(N(c2cccc(C)n2)c2cccc(C)n2)n1. The summed E-state index contributed by atoms with van der Waals surface area (Å²) in [6.07, 6.45) is 0. The van der Waals surface area contributed by atoms with Crippen molar-refractivity contribution in [2.24, 2.45) is 0 Å². The Morgan fingerprint density at radius 3 is 1.14 bits per heavy atom. The van der Waals surface area contributed by atoms with Crippen LogP contribution in [0, 0.1) is 20.8 Å². The second kappa shape index (κ2) is 5.93. The van der Waals surface area contributed by atoms with Gasteiger partial charge in [0.25, 0.3) is 0 Å². The Balaban J connectivity index is 2.18. The van der Waals surface area contributed by atoms with Crippen molar-refractivity contribution >= 4 is 17.5 Å². The van der Waals surface area contributed by atoms with Gasteiger partial charge in [0.1, 0.15) is 17.5 Å². The average Bonchev–Trinajstić information content (AvgIpc) is 2.48. The molecular weight excluding hydrogens is 272 g/mol. The van der Waals surface area contributed by atoms with E-state index in [4.69, 9.17) is 0 Å². The molecule has 0 radical (unpaired) electrons. The molecule has 3 rings (SSSR count). The first-order valence-electron chi connectivity index (χ1n) is 7.24. The molecule has 3 aromatic heterocycles. The highest BCUT2D eigenvalue weighted by molar-refractivity contribution is 5.69. The van der Waals surface area contributed by atoms with E-state index in [9.17, 15) is 0 Å². The summed E-state index contributed by atoms with van der Waals surface area (Å²) in [6, 6.07) is 17.9. The fraction of sp³-hybridized carbons (Fsp3) is 0.167. The smallest absolute Gasteiger partial charge is 0.140 e. The largest absolute Gasteiger partial charge is 0.262 e. The summed E-state index contributed by atoms with van der Waals surface area (Å²) >= 11 is 0. The molecule has 4 nitrogen and oxygen atoms in total.